The van der Waals surface area contributed by atoms with Gasteiger partial charge in [-0.3, -0.25) is 9.69 Å². The fraction of sp³-hybridized carbons (Fsp3) is 0.167. The van der Waals surface area contributed by atoms with Crippen molar-refractivity contribution >= 4 is 56.6 Å². The van der Waals surface area contributed by atoms with E-state index in [1.807, 2.05) is 67.5 Å². The zero-order valence-corrected chi connectivity index (χ0v) is 20.1. The van der Waals surface area contributed by atoms with Gasteiger partial charge in [-0.2, -0.15) is 0 Å². The van der Waals surface area contributed by atoms with Gasteiger partial charge in [0, 0.05) is 18.7 Å². The summed E-state index contributed by atoms with van der Waals surface area (Å²) in [5.41, 5.74) is 1.29. The molecule has 3 aromatic carbocycles. The van der Waals surface area contributed by atoms with E-state index in [9.17, 15) is 4.79 Å². The molecule has 5 nitrogen and oxygen atoms in total. The molecule has 0 aliphatic heterocycles. The lowest BCUT2D eigenvalue weighted by Crippen LogP contribution is -2.36. The second kappa shape index (κ2) is 10.8. The van der Waals surface area contributed by atoms with Gasteiger partial charge in [0.1, 0.15) is 17.0 Å². The van der Waals surface area contributed by atoms with Gasteiger partial charge in [0.2, 0.25) is 0 Å². The van der Waals surface area contributed by atoms with Gasteiger partial charge in [0.05, 0.1) is 9.72 Å². The summed E-state index contributed by atoms with van der Waals surface area (Å²) in [6, 6.07) is 22.4. The number of ether oxygens (including phenoxy) is 1. The van der Waals surface area contributed by atoms with E-state index < -0.39 is 0 Å². The molecule has 32 heavy (non-hydrogen) atoms. The average Bonchev–Trinajstić information content (AvgIpc) is 3.20. The lowest BCUT2D eigenvalue weighted by atomic mass is 10.2. The van der Waals surface area contributed by atoms with Crippen LogP contribution in [0.1, 0.15) is 10.4 Å². The summed E-state index contributed by atoms with van der Waals surface area (Å²) in [7, 11) is 3.96. The van der Waals surface area contributed by atoms with Crippen molar-refractivity contribution in [2.24, 2.45) is 0 Å². The number of aromatic nitrogens is 1. The molecule has 0 N–H and O–H groups in total. The van der Waals surface area contributed by atoms with Crippen LogP contribution in [-0.4, -0.2) is 43.0 Å². The minimum Gasteiger partial charge on any atom is -0.457 e. The highest BCUT2D eigenvalue weighted by molar-refractivity contribution is 7.22. The lowest BCUT2D eigenvalue weighted by Gasteiger charge is -2.22. The number of amides is 1. The fourth-order valence-corrected chi connectivity index (χ4v) is 4.34. The van der Waals surface area contributed by atoms with Crippen molar-refractivity contribution in [3.63, 3.8) is 0 Å². The molecule has 0 aliphatic rings. The molecule has 166 valence electrons. The van der Waals surface area contributed by atoms with Crippen LogP contribution in [0, 0.1) is 0 Å². The molecule has 8 heteroatoms. The summed E-state index contributed by atoms with van der Waals surface area (Å²) >= 11 is 7.77. The summed E-state index contributed by atoms with van der Waals surface area (Å²) in [6.45, 7) is 1.23. The SMILES string of the molecule is CN(C)CCN(C(=O)c1ccc(Oc2ccccc2)cc1)c1nc2c(Cl)cccc2s1.Cl. The predicted molar refractivity (Wildman–Crippen MR) is 135 cm³/mol. The second-order valence-corrected chi connectivity index (χ2v) is 8.70. The molecule has 0 fully saturated rings. The number of fused-ring (bicyclic) bond motifs is 1. The van der Waals surface area contributed by atoms with Gasteiger partial charge < -0.3 is 9.64 Å². The molecule has 0 unspecified atom stereocenters. The van der Waals surface area contributed by atoms with Crippen LogP contribution < -0.4 is 9.64 Å². The Kier molecular flexibility index (Phi) is 8.10. The predicted octanol–water partition coefficient (Wildman–Crippen LogP) is 6.37. The third kappa shape index (κ3) is 5.58. The first-order valence-electron chi connectivity index (χ1n) is 9.86. The van der Waals surface area contributed by atoms with E-state index in [0.717, 1.165) is 16.0 Å². The van der Waals surface area contributed by atoms with Crippen LogP contribution >= 0.6 is 35.3 Å². The summed E-state index contributed by atoms with van der Waals surface area (Å²) in [5, 5.41) is 1.22. The number of halogens is 2. The number of nitrogens with zero attached hydrogens (tertiary/aromatic N) is 3. The first-order valence-corrected chi connectivity index (χ1v) is 11.1. The summed E-state index contributed by atoms with van der Waals surface area (Å²) < 4.78 is 6.79. The van der Waals surface area contributed by atoms with Crippen LogP contribution in [0.15, 0.2) is 72.8 Å². The first kappa shape index (κ1) is 24.0. The van der Waals surface area contributed by atoms with E-state index in [2.05, 4.69) is 4.98 Å². The Balaban J connectivity index is 0.00000289. The molecule has 0 saturated carbocycles. The highest BCUT2D eigenvalue weighted by Gasteiger charge is 2.22. The molecule has 0 saturated heterocycles. The fourth-order valence-electron chi connectivity index (χ4n) is 3.05. The number of likely N-dealkylation sites (N-methyl/N-ethyl adjacent to an activating group) is 1. The van der Waals surface area contributed by atoms with Crippen LogP contribution in [0.2, 0.25) is 5.02 Å². The third-order valence-electron chi connectivity index (χ3n) is 4.69. The van der Waals surface area contributed by atoms with Crippen molar-refractivity contribution in [2.45, 2.75) is 0 Å². The van der Waals surface area contributed by atoms with Crippen LogP contribution in [0.4, 0.5) is 5.13 Å². The maximum absolute atomic E-state index is 13.4. The first-order chi connectivity index (χ1) is 15.0. The molecule has 4 rings (SSSR count). The Morgan fingerprint density at radius 3 is 2.28 bits per heavy atom. The van der Waals surface area contributed by atoms with E-state index >= 15 is 0 Å². The molecule has 1 aromatic heterocycles. The van der Waals surface area contributed by atoms with E-state index in [4.69, 9.17) is 16.3 Å². The van der Waals surface area contributed by atoms with E-state index in [1.54, 1.807) is 29.2 Å². The second-order valence-electron chi connectivity index (χ2n) is 7.28. The molecular weight excluding hydrogens is 465 g/mol. The van der Waals surface area contributed by atoms with Gasteiger partial charge in [-0.1, -0.05) is 47.2 Å². The maximum atomic E-state index is 13.4. The van der Waals surface area contributed by atoms with Crippen molar-refractivity contribution < 1.29 is 9.53 Å². The normalized spacial score (nSPS) is 10.8. The Morgan fingerprint density at radius 2 is 1.62 bits per heavy atom. The summed E-state index contributed by atoms with van der Waals surface area (Å²) in [4.78, 5) is 21.8. The van der Waals surface area contributed by atoms with Crippen molar-refractivity contribution in [2.75, 3.05) is 32.1 Å². The standard InChI is InChI=1S/C24H22ClN3O2S.ClH/c1-27(2)15-16-28(24-26-22-20(25)9-6-10-21(22)31-24)23(29)17-11-13-19(14-12-17)30-18-7-4-3-5-8-18;/h3-14H,15-16H2,1-2H3;1H. The number of rotatable bonds is 7. The smallest absolute Gasteiger partial charge is 0.260 e. The third-order valence-corrected chi connectivity index (χ3v) is 6.03. The molecule has 1 amide bonds. The maximum Gasteiger partial charge on any atom is 0.260 e. The number of thiazole rings is 1. The average molecular weight is 488 g/mol. The number of hydrogen-bond acceptors (Lipinski definition) is 5. The highest BCUT2D eigenvalue weighted by atomic mass is 35.5. The lowest BCUT2D eigenvalue weighted by molar-refractivity contribution is 0.0985. The van der Waals surface area contributed by atoms with Gasteiger partial charge in [-0.15, -0.1) is 12.4 Å². The van der Waals surface area contributed by atoms with Crippen LogP contribution in [0.25, 0.3) is 10.2 Å². The topological polar surface area (TPSA) is 45.7 Å². The number of hydrogen-bond donors (Lipinski definition) is 0. The molecule has 0 spiro atoms. The number of benzene rings is 3. The Morgan fingerprint density at radius 1 is 0.938 bits per heavy atom. The number of para-hydroxylation sites is 2. The Labute approximate surface area is 202 Å². The molecular formula is C24H23Cl2N3O2S. The molecule has 0 bridgehead atoms. The number of anilines is 1. The monoisotopic (exact) mass is 487 g/mol. The van der Waals surface area contributed by atoms with Gasteiger partial charge in [-0.05, 0) is 62.6 Å². The van der Waals surface area contributed by atoms with Crippen LogP contribution in [0.5, 0.6) is 11.5 Å². The Bertz CT molecular complexity index is 1180. The zero-order valence-electron chi connectivity index (χ0n) is 17.7. The quantitative estimate of drug-likeness (QED) is 0.303. The van der Waals surface area contributed by atoms with Crippen molar-refractivity contribution in [1.29, 1.82) is 0 Å². The summed E-state index contributed by atoms with van der Waals surface area (Å²) in [6.07, 6.45) is 0. The van der Waals surface area contributed by atoms with Crippen LogP contribution in [-0.2, 0) is 0 Å². The van der Waals surface area contributed by atoms with E-state index in [1.165, 1.54) is 11.3 Å². The molecule has 0 aliphatic carbocycles. The van der Waals surface area contributed by atoms with Gasteiger partial charge in [0.25, 0.3) is 5.91 Å². The molecule has 0 atom stereocenters. The minimum atomic E-state index is -0.108. The summed E-state index contributed by atoms with van der Waals surface area (Å²) in [5.74, 6) is 1.32. The highest BCUT2D eigenvalue weighted by Crippen LogP contribution is 2.33. The van der Waals surface area contributed by atoms with Gasteiger partial charge in [0.15, 0.2) is 5.13 Å². The Hall–Kier alpha value is -2.64. The number of carbonyl (C=O) groups is 1. The van der Waals surface area contributed by atoms with Crippen LogP contribution in [0.3, 0.4) is 0 Å². The van der Waals surface area contributed by atoms with E-state index in [-0.39, 0.29) is 18.3 Å². The molecule has 4 aromatic rings. The minimum absolute atomic E-state index is 0. The zero-order chi connectivity index (χ0) is 21.8. The number of carbonyl (C=O) groups excluding carboxylic acids is 1. The van der Waals surface area contributed by atoms with Crippen molar-refractivity contribution in [3.8, 4) is 11.5 Å². The van der Waals surface area contributed by atoms with Gasteiger partial charge >= 0.3 is 0 Å². The van der Waals surface area contributed by atoms with Crippen molar-refractivity contribution in [1.82, 2.24) is 9.88 Å². The molecule has 1 heterocycles. The largest absolute Gasteiger partial charge is 0.457 e. The van der Waals surface area contributed by atoms with E-state index in [0.29, 0.717) is 34.6 Å². The van der Waals surface area contributed by atoms with Crippen molar-refractivity contribution in [3.05, 3.63) is 83.4 Å². The molecule has 0 radical (unpaired) electrons. The van der Waals surface area contributed by atoms with Gasteiger partial charge in [-0.25, -0.2) is 4.98 Å².